The minimum absolute atomic E-state index is 0.0617. The van der Waals surface area contributed by atoms with Crippen molar-refractivity contribution in [3.8, 4) is 22.4 Å². The number of aromatic nitrogens is 1. The number of para-hydroxylation sites is 1. The van der Waals surface area contributed by atoms with E-state index in [1.165, 1.54) is 12.1 Å². The summed E-state index contributed by atoms with van der Waals surface area (Å²) in [5.41, 5.74) is 5.52. The maximum absolute atomic E-state index is 13.9. The minimum atomic E-state index is -0.354. The fourth-order valence-electron chi connectivity index (χ4n) is 5.14. The van der Waals surface area contributed by atoms with E-state index in [2.05, 4.69) is 9.88 Å². The summed E-state index contributed by atoms with van der Waals surface area (Å²) in [7, 11) is 0. The van der Waals surface area contributed by atoms with Crippen LogP contribution in [0.15, 0.2) is 84.9 Å². The van der Waals surface area contributed by atoms with Gasteiger partial charge in [-0.15, -0.1) is 0 Å². The molecule has 0 radical (unpaired) electrons. The highest BCUT2D eigenvalue weighted by molar-refractivity contribution is 6.12. The highest BCUT2D eigenvalue weighted by Crippen LogP contribution is 2.40. The molecule has 1 aliphatic rings. The van der Waals surface area contributed by atoms with Crippen molar-refractivity contribution in [1.82, 2.24) is 4.57 Å². The number of anilines is 1. The summed E-state index contributed by atoms with van der Waals surface area (Å²) in [4.78, 5) is 13.8. The lowest BCUT2D eigenvalue weighted by molar-refractivity contribution is -0.0476. The van der Waals surface area contributed by atoms with Crippen LogP contribution < -0.4 is 5.32 Å². The molecule has 5 rings (SSSR count). The molecule has 1 aromatic heterocycles. The third kappa shape index (κ3) is 5.50. The predicted octanol–water partition coefficient (Wildman–Crippen LogP) is 6.45. The van der Waals surface area contributed by atoms with Crippen LogP contribution in [0.3, 0.4) is 0 Å². The van der Waals surface area contributed by atoms with E-state index in [4.69, 9.17) is 4.74 Å². The number of nitrogens with one attached hydrogen (secondary N) is 1. The van der Waals surface area contributed by atoms with Gasteiger partial charge in [-0.25, -0.2) is 4.39 Å². The van der Waals surface area contributed by atoms with Gasteiger partial charge < -0.3 is 19.7 Å². The molecule has 2 heterocycles. The van der Waals surface area contributed by atoms with Gasteiger partial charge in [-0.1, -0.05) is 48.5 Å². The molecule has 4 aromatic rings. The normalized spacial score (nSPS) is 17.5. The van der Waals surface area contributed by atoms with Crippen molar-refractivity contribution < 1.29 is 19.0 Å². The topological polar surface area (TPSA) is 63.5 Å². The summed E-state index contributed by atoms with van der Waals surface area (Å²) in [6.07, 6.45) is 1.52. The molecule has 1 fully saturated rings. The number of ether oxygens (including phenoxy) is 1. The van der Waals surface area contributed by atoms with Crippen LogP contribution in [0.4, 0.5) is 10.1 Å². The third-order valence-corrected chi connectivity index (χ3v) is 6.98. The molecule has 0 bridgehead atoms. The first-order valence-electron chi connectivity index (χ1n) is 12.7. The number of carbonyl (C=O) groups excluding carboxylic acids is 1. The quantitative estimate of drug-likeness (QED) is 0.308. The predicted molar refractivity (Wildman–Crippen MR) is 144 cm³/mol. The Morgan fingerprint density at radius 1 is 1.00 bits per heavy atom. The fourth-order valence-corrected chi connectivity index (χ4v) is 5.14. The Kier molecular flexibility index (Phi) is 7.49. The molecule has 2 N–H and O–H groups in total. The van der Waals surface area contributed by atoms with Gasteiger partial charge in [0.25, 0.3) is 5.91 Å². The number of halogens is 1. The molecule has 5 nitrogen and oxygen atoms in total. The van der Waals surface area contributed by atoms with E-state index < -0.39 is 0 Å². The van der Waals surface area contributed by atoms with E-state index in [-0.39, 0.29) is 23.9 Å². The summed E-state index contributed by atoms with van der Waals surface area (Å²) < 4.78 is 22.0. The first-order chi connectivity index (χ1) is 18.0. The van der Waals surface area contributed by atoms with Crippen LogP contribution in [0.25, 0.3) is 22.4 Å². The zero-order valence-electron chi connectivity index (χ0n) is 20.9. The molecule has 190 valence electrons. The summed E-state index contributed by atoms with van der Waals surface area (Å²) >= 11 is 0. The van der Waals surface area contributed by atoms with Gasteiger partial charge in [0.05, 0.1) is 23.5 Å². The Morgan fingerprint density at radius 2 is 1.68 bits per heavy atom. The van der Waals surface area contributed by atoms with E-state index in [1.54, 1.807) is 12.1 Å². The van der Waals surface area contributed by atoms with E-state index in [1.807, 2.05) is 67.6 Å². The second-order valence-corrected chi connectivity index (χ2v) is 9.49. The molecule has 0 aliphatic carbocycles. The molecule has 3 aromatic carbocycles. The van der Waals surface area contributed by atoms with Crippen molar-refractivity contribution in [3.63, 3.8) is 0 Å². The molecule has 37 heavy (non-hydrogen) atoms. The first-order valence-corrected chi connectivity index (χ1v) is 12.7. The van der Waals surface area contributed by atoms with Crippen LogP contribution >= 0.6 is 0 Å². The van der Waals surface area contributed by atoms with E-state index in [9.17, 15) is 14.3 Å². The Hall–Kier alpha value is -3.74. The molecule has 6 heteroatoms. The maximum atomic E-state index is 13.9. The monoisotopic (exact) mass is 498 g/mol. The Labute approximate surface area is 216 Å². The smallest absolute Gasteiger partial charge is 0.258 e. The van der Waals surface area contributed by atoms with Gasteiger partial charge in [0.1, 0.15) is 5.82 Å². The summed E-state index contributed by atoms with van der Waals surface area (Å²) in [5.74, 6) is -0.513. The van der Waals surface area contributed by atoms with Crippen molar-refractivity contribution in [1.29, 1.82) is 0 Å². The largest absolute Gasteiger partial charge is 0.393 e. The van der Waals surface area contributed by atoms with Gasteiger partial charge in [0, 0.05) is 30.1 Å². The highest BCUT2D eigenvalue weighted by Gasteiger charge is 2.28. The lowest BCUT2D eigenvalue weighted by atomic mass is 9.96. The number of amides is 1. The van der Waals surface area contributed by atoms with Crippen molar-refractivity contribution in [3.05, 3.63) is 102 Å². The molecular formula is C31H31FN2O3. The number of carbonyl (C=O) groups is 1. The maximum Gasteiger partial charge on any atom is 0.258 e. The lowest BCUT2D eigenvalue weighted by Gasteiger charge is -2.27. The standard InChI is InChI=1S/C31H31FN2O3/c1-21-28(31(36)33-25-10-6-3-7-11-25)29(22-8-4-2-5-9-22)30(23-12-14-24(32)15-13-23)34(21)18-16-27-20-26(35)17-19-37-27/h2-15,26-27,35H,16-20H2,1H3,(H,33,36). The van der Waals surface area contributed by atoms with Gasteiger partial charge in [-0.05, 0) is 73.7 Å². The van der Waals surface area contributed by atoms with Crippen LogP contribution in [-0.2, 0) is 11.3 Å². The van der Waals surface area contributed by atoms with Crippen molar-refractivity contribution in [2.45, 2.75) is 44.9 Å². The molecule has 1 aliphatic heterocycles. The molecule has 0 spiro atoms. The van der Waals surface area contributed by atoms with E-state index in [0.29, 0.717) is 43.7 Å². The number of rotatable bonds is 7. The molecule has 2 atom stereocenters. The molecule has 1 amide bonds. The van der Waals surface area contributed by atoms with Crippen LogP contribution in [-0.4, -0.2) is 34.4 Å². The number of hydrogen-bond acceptors (Lipinski definition) is 3. The van der Waals surface area contributed by atoms with Crippen LogP contribution in [0.1, 0.15) is 35.3 Å². The van der Waals surface area contributed by atoms with Gasteiger partial charge in [0.2, 0.25) is 0 Å². The summed E-state index contributed by atoms with van der Waals surface area (Å²) in [6, 6.07) is 25.6. The van der Waals surface area contributed by atoms with Crippen molar-refractivity contribution in [2.75, 3.05) is 11.9 Å². The first kappa shape index (κ1) is 24.9. The second-order valence-electron chi connectivity index (χ2n) is 9.49. The Morgan fingerprint density at radius 3 is 2.35 bits per heavy atom. The molecule has 0 saturated carbocycles. The number of aliphatic hydroxyl groups excluding tert-OH is 1. The average molecular weight is 499 g/mol. The number of nitrogens with zero attached hydrogens (tertiary/aromatic N) is 1. The second kappa shape index (κ2) is 11.1. The summed E-state index contributed by atoms with van der Waals surface area (Å²) in [6.45, 7) is 3.09. The minimum Gasteiger partial charge on any atom is -0.393 e. The zero-order chi connectivity index (χ0) is 25.8. The number of benzene rings is 3. The lowest BCUT2D eigenvalue weighted by Crippen LogP contribution is -2.29. The summed E-state index contributed by atoms with van der Waals surface area (Å²) in [5, 5.41) is 13.2. The third-order valence-electron chi connectivity index (χ3n) is 6.98. The van der Waals surface area contributed by atoms with Gasteiger partial charge in [0.15, 0.2) is 0 Å². The van der Waals surface area contributed by atoms with Gasteiger partial charge in [-0.3, -0.25) is 4.79 Å². The number of hydrogen-bond donors (Lipinski definition) is 2. The van der Waals surface area contributed by atoms with E-state index in [0.717, 1.165) is 28.1 Å². The molecular weight excluding hydrogens is 467 g/mol. The van der Waals surface area contributed by atoms with Crippen LogP contribution in [0.5, 0.6) is 0 Å². The molecule has 2 unspecified atom stereocenters. The van der Waals surface area contributed by atoms with Crippen LogP contribution in [0.2, 0.25) is 0 Å². The zero-order valence-corrected chi connectivity index (χ0v) is 20.9. The van der Waals surface area contributed by atoms with Crippen molar-refractivity contribution in [2.24, 2.45) is 0 Å². The Balaban J connectivity index is 1.64. The fraction of sp³-hybridized carbons (Fsp3) is 0.258. The average Bonchev–Trinajstić information content (AvgIpc) is 3.21. The molecule has 1 saturated heterocycles. The van der Waals surface area contributed by atoms with Gasteiger partial charge >= 0.3 is 0 Å². The Bertz CT molecular complexity index is 1350. The van der Waals surface area contributed by atoms with Crippen molar-refractivity contribution >= 4 is 11.6 Å². The number of aliphatic hydroxyl groups is 1. The van der Waals surface area contributed by atoms with Gasteiger partial charge in [-0.2, -0.15) is 0 Å². The SMILES string of the molecule is Cc1c(C(=O)Nc2ccccc2)c(-c2ccccc2)c(-c2ccc(F)cc2)n1CCC1CC(O)CCO1. The van der Waals surface area contributed by atoms with E-state index >= 15 is 0 Å². The highest BCUT2D eigenvalue weighted by atomic mass is 19.1. The van der Waals surface area contributed by atoms with Crippen LogP contribution in [0, 0.1) is 12.7 Å².